The van der Waals surface area contributed by atoms with Gasteiger partial charge < -0.3 is 4.98 Å². The molecule has 3 heteroatoms. The van der Waals surface area contributed by atoms with Crippen LogP contribution in [0.3, 0.4) is 0 Å². The highest BCUT2D eigenvalue weighted by Gasteiger charge is 2.15. The van der Waals surface area contributed by atoms with E-state index in [4.69, 9.17) is 0 Å². The minimum Gasteiger partial charge on any atom is -0.306 e. The molecular weight excluding hydrogens is 188 g/mol. The number of aromatic amines is 1. The van der Waals surface area contributed by atoms with Crippen molar-refractivity contribution in [2.24, 2.45) is 5.92 Å². The maximum absolute atomic E-state index is 11.8. The number of hydrogen-bond acceptors (Lipinski definition) is 1. The van der Waals surface area contributed by atoms with Crippen molar-refractivity contribution >= 4 is 11.0 Å². The normalized spacial score (nSPS) is 13.6. The highest BCUT2D eigenvalue weighted by atomic mass is 16.1. The first kappa shape index (κ1) is 10.0. The molecule has 1 aromatic carbocycles. The van der Waals surface area contributed by atoms with Crippen LogP contribution in [0, 0.1) is 5.92 Å². The van der Waals surface area contributed by atoms with E-state index in [9.17, 15) is 4.79 Å². The van der Waals surface area contributed by atoms with E-state index in [2.05, 4.69) is 25.8 Å². The van der Waals surface area contributed by atoms with Gasteiger partial charge in [-0.3, -0.25) is 4.57 Å². The van der Waals surface area contributed by atoms with E-state index in [-0.39, 0.29) is 11.7 Å². The second-order valence-electron chi connectivity index (χ2n) is 4.30. The lowest BCUT2D eigenvalue weighted by atomic mass is 10.1. The molecule has 0 saturated heterocycles. The summed E-state index contributed by atoms with van der Waals surface area (Å²) in [5.41, 5.74) is 1.89. The lowest BCUT2D eigenvalue weighted by molar-refractivity contribution is 0.408. The molecule has 80 valence electrons. The Morgan fingerprint density at radius 3 is 2.53 bits per heavy atom. The van der Waals surface area contributed by atoms with Crippen molar-refractivity contribution in [3.63, 3.8) is 0 Å². The van der Waals surface area contributed by atoms with E-state index >= 15 is 0 Å². The molecule has 3 nitrogen and oxygen atoms in total. The summed E-state index contributed by atoms with van der Waals surface area (Å²) < 4.78 is 1.83. The fraction of sp³-hybridized carbons (Fsp3) is 0.417. The number of benzene rings is 1. The van der Waals surface area contributed by atoms with Crippen molar-refractivity contribution in [2.45, 2.75) is 26.8 Å². The number of H-pyrrole nitrogens is 1. The van der Waals surface area contributed by atoms with Crippen LogP contribution in [0.1, 0.15) is 26.8 Å². The lowest BCUT2D eigenvalue weighted by Gasteiger charge is -2.17. The molecule has 0 aliphatic carbocycles. The first-order chi connectivity index (χ1) is 7.11. The van der Waals surface area contributed by atoms with Gasteiger partial charge >= 0.3 is 5.69 Å². The van der Waals surface area contributed by atoms with Crippen LogP contribution in [0.4, 0.5) is 0 Å². The van der Waals surface area contributed by atoms with Crippen molar-refractivity contribution in [1.29, 1.82) is 0 Å². The second-order valence-corrected chi connectivity index (χ2v) is 4.30. The number of nitrogens with zero attached hydrogens (tertiary/aromatic N) is 1. The van der Waals surface area contributed by atoms with E-state index in [1.807, 2.05) is 28.8 Å². The van der Waals surface area contributed by atoms with Gasteiger partial charge in [-0.25, -0.2) is 4.79 Å². The molecule has 1 N–H and O–H groups in total. The fourth-order valence-corrected chi connectivity index (χ4v) is 1.78. The summed E-state index contributed by atoms with van der Waals surface area (Å²) in [7, 11) is 0. The summed E-state index contributed by atoms with van der Waals surface area (Å²) in [5.74, 6) is 0.446. The van der Waals surface area contributed by atoms with Gasteiger partial charge in [-0.15, -0.1) is 0 Å². The molecule has 0 spiro atoms. The highest BCUT2D eigenvalue weighted by Crippen LogP contribution is 2.19. The van der Waals surface area contributed by atoms with Crippen LogP contribution >= 0.6 is 0 Å². The summed E-state index contributed by atoms with van der Waals surface area (Å²) >= 11 is 0. The third-order valence-corrected chi connectivity index (χ3v) is 3.00. The Morgan fingerprint density at radius 1 is 1.20 bits per heavy atom. The Bertz CT molecular complexity index is 522. The van der Waals surface area contributed by atoms with E-state index in [1.165, 1.54) is 0 Å². The summed E-state index contributed by atoms with van der Waals surface area (Å²) in [4.78, 5) is 14.7. The Balaban J connectivity index is 2.69. The highest BCUT2D eigenvalue weighted by molar-refractivity contribution is 5.75. The van der Waals surface area contributed by atoms with Gasteiger partial charge in [0.2, 0.25) is 0 Å². The largest absolute Gasteiger partial charge is 0.326 e. The quantitative estimate of drug-likeness (QED) is 0.802. The molecule has 0 radical (unpaired) electrons. The van der Waals surface area contributed by atoms with Crippen molar-refractivity contribution in [3.8, 4) is 0 Å². The molecule has 0 aliphatic heterocycles. The van der Waals surface area contributed by atoms with Crippen LogP contribution in [0.15, 0.2) is 29.1 Å². The number of para-hydroxylation sites is 2. The van der Waals surface area contributed by atoms with Gasteiger partial charge in [-0.2, -0.15) is 0 Å². The Morgan fingerprint density at radius 2 is 1.87 bits per heavy atom. The zero-order valence-corrected chi connectivity index (χ0v) is 9.32. The smallest absolute Gasteiger partial charge is 0.306 e. The standard InChI is InChI=1S/C12H16N2O/c1-8(2)9(3)14-11-7-5-4-6-10(11)13-12(14)15/h4-9H,1-3H3,(H,13,15). The number of fused-ring (bicyclic) bond motifs is 1. The van der Waals surface area contributed by atoms with Crippen LogP contribution in [0.5, 0.6) is 0 Å². The molecule has 2 aromatic rings. The fourth-order valence-electron chi connectivity index (χ4n) is 1.78. The summed E-state index contributed by atoms with van der Waals surface area (Å²) in [5, 5.41) is 0. The molecule has 1 atom stereocenters. The molecule has 0 amide bonds. The third-order valence-electron chi connectivity index (χ3n) is 3.00. The molecule has 15 heavy (non-hydrogen) atoms. The van der Waals surface area contributed by atoms with E-state index in [0.29, 0.717) is 5.92 Å². The van der Waals surface area contributed by atoms with Crippen molar-refractivity contribution in [2.75, 3.05) is 0 Å². The van der Waals surface area contributed by atoms with Gasteiger partial charge in [-0.1, -0.05) is 26.0 Å². The van der Waals surface area contributed by atoms with Gasteiger partial charge in [0.1, 0.15) is 0 Å². The molecule has 0 fully saturated rings. The zero-order valence-electron chi connectivity index (χ0n) is 9.32. The van der Waals surface area contributed by atoms with Crippen LogP contribution < -0.4 is 5.69 Å². The van der Waals surface area contributed by atoms with E-state index < -0.39 is 0 Å². The van der Waals surface area contributed by atoms with Crippen LogP contribution in [0.2, 0.25) is 0 Å². The van der Waals surface area contributed by atoms with Gasteiger partial charge in [0.25, 0.3) is 0 Å². The SMILES string of the molecule is CC(C)C(C)n1c(=O)[nH]c2ccccc21. The van der Waals surface area contributed by atoms with Gasteiger partial charge in [-0.05, 0) is 25.0 Å². The summed E-state index contributed by atoms with van der Waals surface area (Å²) in [6.07, 6.45) is 0. The Labute approximate surface area is 88.7 Å². The second kappa shape index (κ2) is 3.57. The lowest BCUT2D eigenvalue weighted by Crippen LogP contribution is -2.23. The maximum atomic E-state index is 11.8. The average Bonchev–Trinajstić information content (AvgIpc) is 2.52. The molecule has 0 saturated carbocycles. The minimum absolute atomic E-state index is 0.0163. The Kier molecular flexibility index (Phi) is 2.39. The average molecular weight is 204 g/mol. The first-order valence-corrected chi connectivity index (χ1v) is 5.30. The van der Waals surface area contributed by atoms with Crippen molar-refractivity contribution < 1.29 is 0 Å². The van der Waals surface area contributed by atoms with Crippen molar-refractivity contribution in [1.82, 2.24) is 9.55 Å². The molecular formula is C12H16N2O. The number of hydrogen-bond donors (Lipinski definition) is 1. The molecule has 1 aromatic heterocycles. The number of rotatable bonds is 2. The van der Waals surface area contributed by atoms with Crippen LogP contribution in [-0.2, 0) is 0 Å². The molecule has 0 aliphatic rings. The number of nitrogens with one attached hydrogen (secondary N) is 1. The molecule has 1 heterocycles. The molecule has 0 bridgehead atoms. The monoisotopic (exact) mass is 204 g/mol. The minimum atomic E-state index is -0.0163. The predicted molar refractivity (Wildman–Crippen MR) is 62.1 cm³/mol. The topological polar surface area (TPSA) is 37.8 Å². The summed E-state index contributed by atoms with van der Waals surface area (Å²) in [6, 6.07) is 8.02. The van der Waals surface area contributed by atoms with E-state index in [0.717, 1.165) is 11.0 Å². The maximum Gasteiger partial charge on any atom is 0.326 e. The van der Waals surface area contributed by atoms with Crippen molar-refractivity contribution in [3.05, 3.63) is 34.7 Å². The third kappa shape index (κ3) is 1.58. The van der Waals surface area contributed by atoms with Gasteiger partial charge in [0.15, 0.2) is 0 Å². The Hall–Kier alpha value is -1.51. The van der Waals surface area contributed by atoms with Crippen LogP contribution in [0.25, 0.3) is 11.0 Å². The van der Waals surface area contributed by atoms with Gasteiger partial charge in [0.05, 0.1) is 11.0 Å². The molecule has 1 unspecified atom stereocenters. The van der Waals surface area contributed by atoms with E-state index in [1.54, 1.807) is 0 Å². The predicted octanol–water partition coefficient (Wildman–Crippen LogP) is 2.55. The first-order valence-electron chi connectivity index (χ1n) is 5.30. The van der Waals surface area contributed by atoms with Crippen LogP contribution in [-0.4, -0.2) is 9.55 Å². The number of aromatic nitrogens is 2. The zero-order chi connectivity index (χ0) is 11.0. The number of imidazole rings is 1. The molecule has 2 rings (SSSR count). The summed E-state index contributed by atoms with van der Waals surface area (Å²) in [6.45, 7) is 6.32. The van der Waals surface area contributed by atoms with Gasteiger partial charge in [0, 0.05) is 6.04 Å².